The lowest BCUT2D eigenvalue weighted by molar-refractivity contribution is 0.0701. The van der Waals surface area contributed by atoms with E-state index in [1.54, 1.807) is 6.92 Å². The van der Waals surface area contributed by atoms with Gasteiger partial charge in [-0.1, -0.05) is 0 Å². The standard InChI is InChI=1S/C8H7N3O3S/c1-2-3-5(12)10-8(9)11-6(3)15-4(2)7(13)14/h1H3,(H,13,14)(H3,9,10,11,12). The topological polar surface area (TPSA) is 109 Å². The molecule has 0 spiro atoms. The highest BCUT2D eigenvalue weighted by atomic mass is 32.1. The molecule has 0 amide bonds. The number of anilines is 1. The SMILES string of the molecule is Cc1c(C(=O)O)sc2nc(N)[nH]c(=O)c12. The third-order valence-corrected chi connectivity index (χ3v) is 3.19. The number of nitrogens with two attached hydrogens (primary N) is 1. The maximum absolute atomic E-state index is 11.5. The zero-order valence-electron chi connectivity index (χ0n) is 7.70. The molecule has 15 heavy (non-hydrogen) atoms. The summed E-state index contributed by atoms with van der Waals surface area (Å²) < 4.78 is 0. The number of aryl methyl sites for hydroxylation is 1. The van der Waals surface area contributed by atoms with Gasteiger partial charge in [-0.2, -0.15) is 0 Å². The van der Waals surface area contributed by atoms with Gasteiger partial charge in [0.2, 0.25) is 5.95 Å². The number of aromatic amines is 1. The third-order valence-electron chi connectivity index (χ3n) is 2.01. The molecule has 0 bridgehead atoms. The summed E-state index contributed by atoms with van der Waals surface area (Å²) in [7, 11) is 0. The molecule has 0 aromatic carbocycles. The Morgan fingerprint density at radius 3 is 2.87 bits per heavy atom. The summed E-state index contributed by atoms with van der Waals surface area (Å²) >= 11 is 0.950. The zero-order chi connectivity index (χ0) is 11.2. The lowest BCUT2D eigenvalue weighted by Gasteiger charge is -1.92. The highest BCUT2D eigenvalue weighted by molar-refractivity contribution is 7.20. The molecule has 78 valence electrons. The predicted molar refractivity (Wildman–Crippen MR) is 56.3 cm³/mol. The number of carbonyl (C=O) groups is 1. The zero-order valence-corrected chi connectivity index (χ0v) is 8.51. The van der Waals surface area contributed by atoms with Crippen molar-refractivity contribution in [3.8, 4) is 0 Å². The molecule has 0 aliphatic heterocycles. The van der Waals surface area contributed by atoms with Gasteiger partial charge in [0, 0.05) is 0 Å². The van der Waals surface area contributed by atoms with Crippen LogP contribution in [0.4, 0.5) is 5.95 Å². The molecule has 6 nitrogen and oxygen atoms in total. The molecule has 2 rings (SSSR count). The van der Waals surface area contributed by atoms with Crippen LogP contribution in [0.1, 0.15) is 15.2 Å². The van der Waals surface area contributed by atoms with E-state index in [2.05, 4.69) is 9.97 Å². The van der Waals surface area contributed by atoms with Gasteiger partial charge < -0.3 is 10.8 Å². The number of nitrogens with one attached hydrogen (secondary N) is 1. The van der Waals surface area contributed by atoms with Crippen molar-refractivity contribution in [2.75, 3.05) is 5.73 Å². The van der Waals surface area contributed by atoms with Gasteiger partial charge in [-0.05, 0) is 12.5 Å². The normalized spacial score (nSPS) is 10.7. The van der Waals surface area contributed by atoms with E-state index >= 15 is 0 Å². The summed E-state index contributed by atoms with van der Waals surface area (Å²) in [5.74, 6) is -1.07. The van der Waals surface area contributed by atoms with Crippen molar-refractivity contribution >= 4 is 33.5 Å². The van der Waals surface area contributed by atoms with E-state index in [-0.39, 0.29) is 10.8 Å². The first-order valence-electron chi connectivity index (χ1n) is 4.03. The summed E-state index contributed by atoms with van der Waals surface area (Å²) in [6.45, 7) is 1.58. The van der Waals surface area contributed by atoms with E-state index in [4.69, 9.17) is 10.8 Å². The number of rotatable bonds is 1. The van der Waals surface area contributed by atoms with Crippen LogP contribution >= 0.6 is 11.3 Å². The fourth-order valence-corrected chi connectivity index (χ4v) is 2.39. The second kappa shape index (κ2) is 3.06. The summed E-state index contributed by atoms with van der Waals surface area (Å²) in [4.78, 5) is 29.0. The van der Waals surface area contributed by atoms with Crippen LogP contribution in [0.25, 0.3) is 10.2 Å². The van der Waals surface area contributed by atoms with E-state index in [1.807, 2.05) is 0 Å². The first-order valence-corrected chi connectivity index (χ1v) is 4.84. The lowest BCUT2D eigenvalue weighted by Crippen LogP contribution is -2.10. The molecule has 2 aromatic rings. The van der Waals surface area contributed by atoms with Gasteiger partial charge in [-0.25, -0.2) is 9.78 Å². The van der Waals surface area contributed by atoms with E-state index in [9.17, 15) is 9.59 Å². The molecule has 0 atom stereocenters. The molecular weight excluding hydrogens is 218 g/mol. The highest BCUT2D eigenvalue weighted by Gasteiger charge is 2.17. The minimum atomic E-state index is -1.06. The second-order valence-electron chi connectivity index (χ2n) is 2.99. The molecule has 2 aromatic heterocycles. The Bertz CT molecular complexity index is 613. The van der Waals surface area contributed by atoms with Crippen molar-refractivity contribution < 1.29 is 9.90 Å². The summed E-state index contributed by atoms with van der Waals surface area (Å²) in [5, 5.41) is 9.16. The van der Waals surface area contributed by atoms with Crippen molar-refractivity contribution in [1.82, 2.24) is 9.97 Å². The number of carboxylic acids is 1. The number of nitrogens with zero attached hydrogens (tertiary/aromatic N) is 1. The number of fused-ring (bicyclic) bond motifs is 1. The van der Waals surface area contributed by atoms with Gasteiger partial charge >= 0.3 is 5.97 Å². The van der Waals surface area contributed by atoms with E-state index in [0.717, 1.165) is 11.3 Å². The van der Waals surface area contributed by atoms with Crippen LogP contribution in [0, 0.1) is 6.92 Å². The number of carboxylic acid groups (broad SMARTS) is 1. The molecule has 0 fully saturated rings. The molecule has 0 aliphatic carbocycles. The number of aromatic nitrogens is 2. The van der Waals surface area contributed by atoms with Crippen LogP contribution < -0.4 is 11.3 Å². The molecule has 7 heteroatoms. The van der Waals surface area contributed by atoms with Gasteiger partial charge in [-0.15, -0.1) is 11.3 Å². The van der Waals surface area contributed by atoms with Gasteiger partial charge in [0.25, 0.3) is 5.56 Å². The average molecular weight is 225 g/mol. The summed E-state index contributed by atoms with van der Waals surface area (Å²) in [6.07, 6.45) is 0. The molecular formula is C8H7N3O3S. The number of hydrogen-bond acceptors (Lipinski definition) is 5. The maximum Gasteiger partial charge on any atom is 0.346 e. The Hall–Kier alpha value is -1.89. The van der Waals surface area contributed by atoms with Gasteiger partial charge in [0.15, 0.2) is 0 Å². The van der Waals surface area contributed by atoms with Crippen molar-refractivity contribution in [3.05, 3.63) is 20.8 Å². The van der Waals surface area contributed by atoms with Crippen LogP contribution in [0.2, 0.25) is 0 Å². The Balaban J connectivity index is 2.94. The van der Waals surface area contributed by atoms with Crippen LogP contribution in [0.3, 0.4) is 0 Å². The maximum atomic E-state index is 11.5. The Labute approximate surface area is 87.4 Å². The average Bonchev–Trinajstić information content (AvgIpc) is 2.42. The Kier molecular flexibility index (Phi) is 1.97. The van der Waals surface area contributed by atoms with Crippen molar-refractivity contribution in [1.29, 1.82) is 0 Å². The van der Waals surface area contributed by atoms with E-state index in [0.29, 0.717) is 15.8 Å². The smallest absolute Gasteiger partial charge is 0.346 e. The highest BCUT2D eigenvalue weighted by Crippen LogP contribution is 2.26. The summed E-state index contributed by atoms with van der Waals surface area (Å²) in [5.41, 5.74) is 5.38. The largest absolute Gasteiger partial charge is 0.477 e. The number of nitrogen functional groups attached to an aromatic ring is 1. The molecule has 2 heterocycles. The third kappa shape index (κ3) is 1.37. The molecule has 0 radical (unpaired) electrons. The minimum Gasteiger partial charge on any atom is -0.477 e. The quantitative estimate of drug-likeness (QED) is 0.657. The van der Waals surface area contributed by atoms with Crippen LogP contribution in [0.5, 0.6) is 0 Å². The number of hydrogen-bond donors (Lipinski definition) is 3. The van der Waals surface area contributed by atoms with Crippen LogP contribution in [0.15, 0.2) is 4.79 Å². The van der Waals surface area contributed by atoms with Crippen molar-refractivity contribution in [2.45, 2.75) is 6.92 Å². The summed E-state index contributed by atoms with van der Waals surface area (Å²) in [6, 6.07) is 0. The molecule has 0 aliphatic rings. The Morgan fingerprint density at radius 1 is 1.60 bits per heavy atom. The first-order chi connectivity index (χ1) is 7.00. The fraction of sp³-hybridized carbons (Fsp3) is 0.125. The monoisotopic (exact) mass is 225 g/mol. The molecule has 0 saturated carbocycles. The van der Waals surface area contributed by atoms with Crippen LogP contribution in [-0.2, 0) is 0 Å². The molecule has 4 N–H and O–H groups in total. The van der Waals surface area contributed by atoms with E-state index < -0.39 is 11.5 Å². The number of aromatic carboxylic acids is 1. The number of thiophene rings is 1. The van der Waals surface area contributed by atoms with Gasteiger partial charge in [0.1, 0.15) is 9.71 Å². The van der Waals surface area contributed by atoms with Gasteiger partial charge in [-0.3, -0.25) is 9.78 Å². The van der Waals surface area contributed by atoms with Crippen molar-refractivity contribution in [3.63, 3.8) is 0 Å². The molecule has 0 unspecified atom stereocenters. The minimum absolute atomic E-state index is 0.00862. The molecule has 0 saturated heterocycles. The second-order valence-corrected chi connectivity index (χ2v) is 3.99. The van der Waals surface area contributed by atoms with Gasteiger partial charge in [0.05, 0.1) is 5.39 Å². The van der Waals surface area contributed by atoms with Crippen molar-refractivity contribution in [2.24, 2.45) is 0 Å². The first kappa shape index (κ1) is 9.66. The fourth-order valence-electron chi connectivity index (χ4n) is 1.36. The van der Waals surface area contributed by atoms with Crippen LogP contribution in [-0.4, -0.2) is 21.0 Å². The lowest BCUT2D eigenvalue weighted by atomic mass is 10.2. The number of H-pyrrole nitrogens is 1. The predicted octanol–water partition coefficient (Wildman–Crippen LogP) is 0.573. The van der Waals surface area contributed by atoms with E-state index in [1.165, 1.54) is 0 Å². The Morgan fingerprint density at radius 2 is 2.27 bits per heavy atom.